The van der Waals surface area contributed by atoms with E-state index in [-0.39, 0.29) is 29.7 Å². The molecule has 2 N–H and O–H groups in total. The quantitative estimate of drug-likeness (QED) is 0.653. The largest absolute Gasteiger partial charge is 0.354 e. The van der Waals surface area contributed by atoms with Crippen LogP contribution < -0.4 is 10.6 Å². The maximum atomic E-state index is 12.9. The second kappa shape index (κ2) is 9.29. The Morgan fingerprint density at radius 3 is 2.17 bits per heavy atom. The van der Waals surface area contributed by atoms with Gasteiger partial charge in [0.15, 0.2) is 0 Å². The first-order valence-electron chi connectivity index (χ1n) is 11.0. The highest BCUT2D eigenvalue weighted by Gasteiger charge is 2.60. The number of amides is 2. The highest BCUT2D eigenvalue weighted by atomic mass is 16.2. The zero-order valence-corrected chi connectivity index (χ0v) is 17.4. The Morgan fingerprint density at radius 2 is 1.57 bits per heavy atom. The molecule has 0 spiro atoms. The van der Waals surface area contributed by atoms with E-state index >= 15 is 0 Å². The third-order valence-corrected chi connectivity index (χ3v) is 6.43. The van der Waals surface area contributed by atoms with Gasteiger partial charge in [-0.15, -0.1) is 0 Å². The van der Waals surface area contributed by atoms with Gasteiger partial charge in [0.25, 0.3) is 0 Å². The number of benzene rings is 2. The van der Waals surface area contributed by atoms with Crippen LogP contribution in [0.4, 0.5) is 0 Å². The van der Waals surface area contributed by atoms with Gasteiger partial charge in [-0.2, -0.15) is 0 Å². The van der Waals surface area contributed by atoms with Crippen molar-refractivity contribution in [2.75, 3.05) is 13.1 Å². The van der Waals surface area contributed by atoms with E-state index in [1.54, 1.807) is 0 Å². The predicted octanol–water partition coefficient (Wildman–Crippen LogP) is 4.12. The lowest BCUT2D eigenvalue weighted by Crippen LogP contribution is -2.39. The van der Waals surface area contributed by atoms with E-state index in [4.69, 9.17) is 0 Å². The minimum Gasteiger partial charge on any atom is -0.354 e. The van der Waals surface area contributed by atoms with Gasteiger partial charge in [0.05, 0.1) is 12.5 Å². The molecule has 0 heterocycles. The van der Waals surface area contributed by atoms with Crippen LogP contribution in [0.5, 0.6) is 0 Å². The van der Waals surface area contributed by atoms with Gasteiger partial charge in [-0.3, -0.25) is 9.59 Å². The maximum Gasteiger partial charge on any atom is 0.239 e. The third-order valence-electron chi connectivity index (χ3n) is 6.43. The van der Waals surface area contributed by atoms with Crippen LogP contribution in [0.25, 0.3) is 0 Å². The van der Waals surface area contributed by atoms with Crippen molar-refractivity contribution in [3.05, 3.63) is 83.4 Å². The molecule has 4 nitrogen and oxygen atoms in total. The Hall–Kier alpha value is -2.88. The van der Waals surface area contributed by atoms with Gasteiger partial charge >= 0.3 is 0 Å². The molecule has 0 bridgehead atoms. The lowest BCUT2D eigenvalue weighted by molar-refractivity contribution is -0.127. The summed E-state index contributed by atoms with van der Waals surface area (Å²) in [6.45, 7) is 0.677. The average molecular weight is 403 g/mol. The first-order valence-corrected chi connectivity index (χ1v) is 11.0. The monoisotopic (exact) mass is 402 g/mol. The molecule has 0 radical (unpaired) electrons. The average Bonchev–Trinajstić information content (AvgIpc) is 3.57. The Labute approximate surface area is 178 Å². The summed E-state index contributed by atoms with van der Waals surface area (Å²) in [5, 5.41) is 5.80. The number of carbonyl (C=O) groups is 2. The smallest absolute Gasteiger partial charge is 0.239 e. The van der Waals surface area contributed by atoms with Gasteiger partial charge in [0.1, 0.15) is 0 Å². The predicted molar refractivity (Wildman–Crippen MR) is 119 cm³/mol. The fourth-order valence-electron chi connectivity index (χ4n) is 4.70. The first-order chi connectivity index (χ1) is 14.7. The van der Waals surface area contributed by atoms with Crippen LogP contribution in [0.3, 0.4) is 0 Å². The number of nitrogens with one attached hydrogen (secondary N) is 2. The highest BCUT2D eigenvalue weighted by Crippen LogP contribution is 2.58. The molecule has 2 aromatic rings. The summed E-state index contributed by atoms with van der Waals surface area (Å²) in [4.78, 5) is 25.1. The Bertz CT molecular complexity index is 866. The summed E-state index contributed by atoms with van der Waals surface area (Å²) in [7, 11) is 0. The normalized spacial score (nSPS) is 19.5. The Morgan fingerprint density at radius 1 is 0.900 bits per heavy atom. The summed E-state index contributed by atoms with van der Waals surface area (Å²) in [6.07, 6.45) is 8.81. The van der Waals surface area contributed by atoms with E-state index in [1.165, 1.54) is 18.4 Å². The molecule has 2 aromatic carbocycles. The van der Waals surface area contributed by atoms with Crippen molar-refractivity contribution >= 4 is 11.8 Å². The van der Waals surface area contributed by atoms with Crippen LogP contribution in [-0.4, -0.2) is 24.9 Å². The summed E-state index contributed by atoms with van der Waals surface area (Å²) in [5.41, 5.74) is 3.46. The summed E-state index contributed by atoms with van der Waals surface area (Å²) >= 11 is 0. The molecule has 156 valence electrons. The van der Waals surface area contributed by atoms with Crippen LogP contribution in [-0.2, 0) is 15.0 Å². The molecule has 4 rings (SSSR count). The number of hydrogen-bond donors (Lipinski definition) is 2. The Balaban J connectivity index is 1.32. The van der Waals surface area contributed by atoms with E-state index in [2.05, 4.69) is 41.0 Å². The molecule has 1 fully saturated rings. The van der Waals surface area contributed by atoms with Crippen LogP contribution in [0.2, 0.25) is 0 Å². The van der Waals surface area contributed by atoms with Crippen molar-refractivity contribution < 1.29 is 9.59 Å². The van der Waals surface area contributed by atoms with Gasteiger partial charge in [-0.05, 0) is 49.7 Å². The fourth-order valence-corrected chi connectivity index (χ4v) is 4.70. The molecule has 1 saturated carbocycles. The SMILES string of the molecule is O=C(CNC(=O)C1CC1(c1ccccc1)c1ccccc1)NCCC1=CCCCC1. The fraction of sp³-hybridized carbons (Fsp3) is 0.385. The molecule has 0 aliphatic heterocycles. The number of carbonyl (C=O) groups excluding carboxylic acids is 2. The van der Waals surface area contributed by atoms with Crippen LogP contribution in [0.1, 0.15) is 49.7 Å². The molecule has 2 aliphatic rings. The molecule has 0 aromatic heterocycles. The Kier molecular flexibility index (Phi) is 6.32. The zero-order chi connectivity index (χ0) is 20.8. The van der Waals surface area contributed by atoms with Crippen molar-refractivity contribution in [1.82, 2.24) is 10.6 Å². The van der Waals surface area contributed by atoms with Gasteiger partial charge in [0.2, 0.25) is 11.8 Å². The van der Waals surface area contributed by atoms with Gasteiger partial charge in [0, 0.05) is 12.0 Å². The molecule has 2 aliphatic carbocycles. The van der Waals surface area contributed by atoms with Gasteiger partial charge in [-0.1, -0.05) is 72.3 Å². The van der Waals surface area contributed by atoms with Crippen LogP contribution in [0, 0.1) is 5.92 Å². The molecule has 4 heteroatoms. The van der Waals surface area contributed by atoms with Crippen molar-refractivity contribution in [2.24, 2.45) is 5.92 Å². The topological polar surface area (TPSA) is 58.2 Å². The van der Waals surface area contributed by atoms with E-state index in [0.29, 0.717) is 6.54 Å². The van der Waals surface area contributed by atoms with Crippen LogP contribution in [0.15, 0.2) is 72.3 Å². The second-order valence-corrected chi connectivity index (χ2v) is 8.39. The number of hydrogen-bond acceptors (Lipinski definition) is 2. The summed E-state index contributed by atoms with van der Waals surface area (Å²) in [5.74, 6) is -0.319. The lowest BCUT2D eigenvalue weighted by Gasteiger charge is -2.19. The van der Waals surface area contributed by atoms with Gasteiger partial charge in [-0.25, -0.2) is 0 Å². The maximum absolute atomic E-state index is 12.9. The lowest BCUT2D eigenvalue weighted by atomic mass is 9.85. The molecule has 1 atom stereocenters. The third kappa shape index (κ3) is 4.48. The first kappa shape index (κ1) is 20.4. The molecular weight excluding hydrogens is 372 g/mol. The second-order valence-electron chi connectivity index (χ2n) is 8.39. The minimum absolute atomic E-state index is 0.0358. The molecule has 2 amide bonds. The van der Waals surface area contributed by atoms with E-state index < -0.39 is 0 Å². The van der Waals surface area contributed by atoms with Crippen molar-refractivity contribution in [3.63, 3.8) is 0 Å². The van der Waals surface area contributed by atoms with Crippen molar-refractivity contribution in [3.8, 4) is 0 Å². The molecule has 30 heavy (non-hydrogen) atoms. The van der Waals surface area contributed by atoms with Gasteiger partial charge < -0.3 is 10.6 Å². The molecule has 0 saturated heterocycles. The molecular formula is C26H30N2O2. The minimum atomic E-state index is -0.295. The highest BCUT2D eigenvalue weighted by molar-refractivity contribution is 5.89. The van der Waals surface area contributed by atoms with E-state index in [0.717, 1.165) is 36.8 Å². The number of rotatable bonds is 8. The zero-order valence-electron chi connectivity index (χ0n) is 17.4. The van der Waals surface area contributed by atoms with E-state index in [1.807, 2.05) is 36.4 Å². The van der Waals surface area contributed by atoms with Crippen molar-refractivity contribution in [1.29, 1.82) is 0 Å². The summed E-state index contributed by atoms with van der Waals surface area (Å²) < 4.78 is 0. The van der Waals surface area contributed by atoms with Crippen LogP contribution >= 0.6 is 0 Å². The van der Waals surface area contributed by atoms with E-state index in [9.17, 15) is 9.59 Å². The standard InChI is InChI=1S/C26H30N2O2/c29-24(27-17-16-20-10-4-1-5-11-20)19-28-25(30)23-18-26(23,21-12-6-2-7-13-21)22-14-8-3-9-15-22/h2-3,6-10,12-15,23H,1,4-5,11,16-19H2,(H,27,29)(H,28,30). The number of allylic oxidation sites excluding steroid dienone is 1. The van der Waals surface area contributed by atoms with Crippen molar-refractivity contribution in [2.45, 2.75) is 43.9 Å². The summed E-state index contributed by atoms with van der Waals surface area (Å²) in [6, 6.07) is 20.4. The molecule has 1 unspecified atom stereocenters.